The third kappa shape index (κ3) is 2.43. The normalized spacial score (nSPS) is 26.7. The molecule has 1 atom stereocenters. The Morgan fingerprint density at radius 2 is 2.07 bits per heavy atom. The van der Waals surface area contributed by atoms with Crippen molar-refractivity contribution in [2.24, 2.45) is 0 Å². The minimum absolute atomic E-state index is 0.185. The van der Waals surface area contributed by atoms with E-state index in [1.807, 2.05) is 16.8 Å². The Bertz CT molecular complexity index is 221. The lowest BCUT2D eigenvalue weighted by Gasteiger charge is -2.33. The molecule has 15 heavy (non-hydrogen) atoms. The van der Waals surface area contributed by atoms with Crippen molar-refractivity contribution in [1.82, 2.24) is 9.80 Å². The SMILES string of the molecule is CN(C(=O)N1CCCCC1)C1CCOC1. The van der Waals surface area contributed by atoms with Crippen molar-refractivity contribution in [3.05, 3.63) is 0 Å². The Labute approximate surface area is 91.2 Å². The minimum Gasteiger partial charge on any atom is -0.379 e. The standard InChI is InChI=1S/C11H20N2O2/c1-12(10-5-8-15-9-10)11(14)13-6-3-2-4-7-13/h10H,2-9H2,1H3. The van der Waals surface area contributed by atoms with Gasteiger partial charge < -0.3 is 14.5 Å². The largest absolute Gasteiger partial charge is 0.379 e. The Morgan fingerprint density at radius 3 is 2.67 bits per heavy atom. The molecule has 0 aromatic heterocycles. The summed E-state index contributed by atoms with van der Waals surface area (Å²) in [6, 6.07) is 0.477. The number of hydrogen-bond donors (Lipinski definition) is 0. The van der Waals surface area contributed by atoms with Gasteiger partial charge in [0.05, 0.1) is 12.6 Å². The lowest BCUT2D eigenvalue weighted by molar-refractivity contribution is 0.126. The zero-order valence-corrected chi connectivity index (χ0v) is 9.45. The van der Waals surface area contributed by atoms with E-state index in [0.717, 1.165) is 39.0 Å². The molecule has 0 N–H and O–H groups in total. The third-order valence-corrected chi connectivity index (χ3v) is 3.38. The fraction of sp³-hybridized carbons (Fsp3) is 0.909. The van der Waals surface area contributed by atoms with Crippen LogP contribution in [0.2, 0.25) is 0 Å². The van der Waals surface area contributed by atoms with Gasteiger partial charge >= 0.3 is 6.03 Å². The van der Waals surface area contributed by atoms with Crippen molar-refractivity contribution < 1.29 is 9.53 Å². The predicted molar refractivity (Wildman–Crippen MR) is 57.8 cm³/mol. The van der Waals surface area contributed by atoms with Gasteiger partial charge in [-0.15, -0.1) is 0 Å². The molecule has 0 saturated carbocycles. The van der Waals surface area contributed by atoms with Gasteiger partial charge in [0, 0.05) is 26.7 Å². The number of likely N-dealkylation sites (tertiary alicyclic amines) is 1. The van der Waals surface area contributed by atoms with E-state index in [0.29, 0.717) is 12.6 Å². The second-order valence-corrected chi connectivity index (χ2v) is 4.46. The molecule has 0 aliphatic carbocycles. The molecule has 2 aliphatic heterocycles. The van der Waals surface area contributed by atoms with Crippen LogP contribution in [0.3, 0.4) is 0 Å². The summed E-state index contributed by atoms with van der Waals surface area (Å²) >= 11 is 0. The molecule has 1 unspecified atom stereocenters. The number of ether oxygens (including phenoxy) is 1. The number of amides is 2. The molecule has 4 heteroatoms. The Kier molecular flexibility index (Phi) is 3.46. The molecule has 2 heterocycles. The van der Waals surface area contributed by atoms with Gasteiger partial charge in [-0.05, 0) is 25.7 Å². The van der Waals surface area contributed by atoms with Gasteiger partial charge in [0.1, 0.15) is 0 Å². The molecule has 0 aromatic carbocycles. The van der Waals surface area contributed by atoms with E-state index >= 15 is 0 Å². The topological polar surface area (TPSA) is 32.8 Å². The van der Waals surface area contributed by atoms with E-state index in [-0.39, 0.29) is 6.03 Å². The highest BCUT2D eigenvalue weighted by atomic mass is 16.5. The van der Waals surface area contributed by atoms with Crippen LogP contribution in [0.1, 0.15) is 25.7 Å². The lowest BCUT2D eigenvalue weighted by Crippen LogP contribution is -2.48. The van der Waals surface area contributed by atoms with Crippen molar-refractivity contribution >= 4 is 6.03 Å². The van der Waals surface area contributed by atoms with Gasteiger partial charge in [-0.3, -0.25) is 0 Å². The monoisotopic (exact) mass is 212 g/mol. The van der Waals surface area contributed by atoms with Gasteiger partial charge in [0.15, 0.2) is 0 Å². The van der Waals surface area contributed by atoms with Gasteiger partial charge in [-0.25, -0.2) is 4.79 Å². The summed E-state index contributed by atoms with van der Waals surface area (Å²) in [5.41, 5.74) is 0. The number of urea groups is 1. The maximum atomic E-state index is 12.1. The van der Waals surface area contributed by atoms with Crippen LogP contribution in [-0.4, -0.2) is 55.2 Å². The second kappa shape index (κ2) is 4.84. The van der Waals surface area contributed by atoms with Gasteiger partial charge in [-0.2, -0.15) is 0 Å². The van der Waals surface area contributed by atoms with Crippen LogP contribution in [-0.2, 0) is 4.74 Å². The van der Waals surface area contributed by atoms with E-state index < -0.39 is 0 Å². The first-order chi connectivity index (χ1) is 7.29. The summed E-state index contributed by atoms with van der Waals surface area (Å²) in [4.78, 5) is 15.9. The number of carbonyl (C=O) groups excluding carboxylic acids is 1. The Morgan fingerprint density at radius 1 is 1.33 bits per heavy atom. The van der Waals surface area contributed by atoms with Crippen molar-refractivity contribution in [1.29, 1.82) is 0 Å². The molecular formula is C11H20N2O2. The number of hydrogen-bond acceptors (Lipinski definition) is 2. The molecule has 2 amide bonds. The summed E-state index contributed by atoms with van der Waals surface area (Å²) in [5, 5.41) is 0. The van der Waals surface area contributed by atoms with Crippen LogP contribution in [0.5, 0.6) is 0 Å². The highest BCUT2D eigenvalue weighted by Gasteiger charge is 2.27. The molecule has 0 bridgehead atoms. The number of rotatable bonds is 1. The second-order valence-electron chi connectivity index (χ2n) is 4.46. The molecule has 2 saturated heterocycles. The molecular weight excluding hydrogens is 192 g/mol. The van der Waals surface area contributed by atoms with Gasteiger partial charge in [0.2, 0.25) is 0 Å². The quantitative estimate of drug-likeness (QED) is 0.656. The van der Waals surface area contributed by atoms with Crippen LogP contribution >= 0.6 is 0 Å². The molecule has 2 fully saturated rings. The fourth-order valence-electron chi connectivity index (χ4n) is 2.29. The average molecular weight is 212 g/mol. The maximum absolute atomic E-state index is 12.1. The summed E-state index contributed by atoms with van der Waals surface area (Å²) < 4.78 is 5.30. The highest BCUT2D eigenvalue weighted by molar-refractivity contribution is 5.74. The van der Waals surface area contributed by atoms with Crippen LogP contribution in [0, 0.1) is 0 Å². The van der Waals surface area contributed by atoms with E-state index in [4.69, 9.17) is 4.74 Å². The van der Waals surface area contributed by atoms with Crippen molar-refractivity contribution in [3.8, 4) is 0 Å². The van der Waals surface area contributed by atoms with Crippen molar-refractivity contribution in [3.63, 3.8) is 0 Å². The van der Waals surface area contributed by atoms with Crippen molar-refractivity contribution in [2.45, 2.75) is 31.7 Å². The molecule has 2 rings (SSSR count). The zero-order chi connectivity index (χ0) is 10.7. The van der Waals surface area contributed by atoms with E-state index in [2.05, 4.69) is 0 Å². The molecule has 0 spiro atoms. The molecule has 0 radical (unpaired) electrons. The number of carbonyl (C=O) groups is 1. The molecule has 4 nitrogen and oxygen atoms in total. The maximum Gasteiger partial charge on any atom is 0.320 e. The predicted octanol–water partition coefficient (Wildman–Crippen LogP) is 1.31. The highest BCUT2D eigenvalue weighted by Crippen LogP contribution is 2.15. The first kappa shape index (κ1) is 10.7. The van der Waals surface area contributed by atoms with Crippen LogP contribution in [0.15, 0.2) is 0 Å². The molecule has 2 aliphatic rings. The lowest BCUT2D eigenvalue weighted by atomic mass is 10.1. The zero-order valence-electron chi connectivity index (χ0n) is 9.45. The third-order valence-electron chi connectivity index (χ3n) is 3.38. The smallest absolute Gasteiger partial charge is 0.320 e. The number of piperidine rings is 1. The number of likely N-dealkylation sites (N-methyl/N-ethyl adjacent to an activating group) is 1. The van der Waals surface area contributed by atoms with Crippen molar-refractivity contribution in [2.75, 3.05) is 33.4 Å². The van der Waals surface area contributed by atoms with Crippen LogP contribution in [0.25, 0.3) is 0 Å². The summed E-state index contributed by atoms with van der Waals surface area (Å²) in [6.45, 7) is 3.35. The minimum atomic E-state index is 0.185. The fourth-order valence-corrected chi connectivity index (χ4v) is 2.29. The molecule has 86 valence electrons. The number of nitrogens with zero attached hydrogens (tertiary/aromatic N) is 2. The first-order valence-corrected chi connectivity index (χ1v) is 5.88. The van der Waals surface area contributed by atoms with E-state index in [1.165, 1.54) is 6.42 Å². The van der Waals surface area contributed by atoms with E-state index in [9.17, 15) is 4.79 Å². The van der Waals surface area contributed by atoms with Crippen LogP contribution in [0.4, 0.5) is 4.79 Å². The van der Waals surface area contributed by atoms with Gasteiger partial charge in [0.25, 0.3) is 0 Å². The van der Waals surface area contributed by atoms with Crippen LogP contribution < -0.4 is 0 Å². The Hall–Kier alpha value is -0.770. The van der Waals surface area contributed by atoms with Gasteiger partial charge in [-0.1, -0.05) is 0 Å². The van der Waals surface area contributed by atoms with E-state index in [1.54, 1.807) is 0 Å². The Balaban J connectivity index is 1.87. The summed E-state index contributed by atoms with van der Waals surface area (Å²) in [7, 11) is 1.90. The summed E-state index contributed by atoms with van der Waals surface area (Å²) in [6.07, 6.45) is 4.55. The summed E-state index contributed by atoms with van der Waals surface area (Å²) in [5.74, 6) is 0. The molecule has 0 aromatic rings. The first-order valence-electron chi connectivity index (χ1n) is 5.88. The average Bonchev–Trinajstić information content (AvgIpc) is 2.82.